The second kappa shape index (κ2) is 7.57. The van der Waals surface area contributed by atoms with Crippen molar-refractivity contribution in [1.82, 2.24) is 4.90 Å². The Bertz CT molecular complexity index is 578. The number of hydrogen-bond acceptors (Lipinski definition) is 5. The van der Waals surface area contributed by atoms with Crippen LogP contribution in [-0.2, 0) is 16.1 Å². The second-order valence-electron chi connectivity index (χ2n) is 5.51. The largest absolute Gasteiger partial charge is 0.481 e. The number of aliphatic carboxylic acids is 1. The fourth-order valence-corrected chi connectivity index (χ4v) is 2.52. The van der Waals surface area contributed by atoms with Crippen LogP contribution in [0.3, 0.4) is 0 Å². The summed E-state index contributed by atoms with van der Waals surface area (Å²) < 4.78 is 5.19. The summed E-state index contributed by atoms with van der Waals surface area (Å²) in [6, 6.07) is 5.82. The van der Waals surface area contributed by atoms with E-state index >= 15 is 0 Å². The van der Waals surface area contributed by atoms with E-state index < -0.39 is 17.0 Å². The first-order valence-electron chi connectivity index (χ1n) is 7.32. The lowest BCUT2D eigenvalue weighted by Gasteiger charge is -2.30. The molecule has 0 aromatic heterocycles. The Kier molecular flexibility index (Phi) is 5.51. The minimum atomic E-state index is -0.816. The summed E-state index contributed by atoms with van der Waals surface area (Å²) in [7, 11) is 0. The van der Waals surface area contributed by atoms with Gasteiger partial charge in [0, 0.05) is 31.6 Å². The van der Waals surface area contributed by atoms with Gasteiger partial charge in [0.1, 0.15) is 6.61 Å². The summed E-state index contributed by atoms with van der Waals surface area (Å²) in [5.74, 6) is -0.713. The van der Waals surface area contributed by atoms with Crippen molar-refractivity contribution in [2.75, 3.05) is 13.1 Å². The van der Waals surface area contributed by atoms with Crippen LogP contribution in [0.1, 0.15) is 24.8 Å². The van der Waals surface area contributed by atoms with E-state index in [1.54, 1.807) is 17.0 Å². The maximum atomic E-state index is 12.0. The van der Waals surface area contributed by atoms with Gasteiger partial charge in [0.15, 0.2) is 0 Å². The summed E-state index contributed by atoms with van der Waals surface area (Å²) in [5.41, 5.74) is 0.658. The number of benzene rings is 1. The van der Waals surface area contributed by atoms with Crippen molar-refractivity contribution in [2.45, 2.75) is 25.9 Å². The van der Waals surface area contributed by atoms with Gasteiger partial charge < -0.3 is 14.7 Å². The van der Waals surface area contributed by atoms with Gasteiger partial charge in [-0.05, 0) is 36.5 Å². The number of non-ortho nitro benzene ring substituents is 1. The molecule has 0 aliphatic carbocycles. The van der Waals surface area contributed by atoms with E-state index in [2.05, 4.69) is 0 Å². The summed E-state index contributed by atoms with van der Waals surface area (Å²) in [6.07, 6.45) is 0.987. The first-order chi connectivity index (χ1) is 11.0. The maximum Gasteiger partial charge on any atom is 0.410 e. The first kappa shape index (κ1) is 16.7. The van der Waals surface area contributed by atoms with Gasteiger partial charge in [0.2, 0.25) is 0 Å². The SMILES string of the molecule is O=C(O)CC1CCN(C(=O)OCc2ccc([N+](=O)[O-])cc2)CC1. The number of piperidine rings is 1. The highest BCUT2D eigenvalue weighted by Gasteiger charge is 2.25. The van der Waals surface area contributed by atoms with Gasteiger partial charge in [-0.25, -0.2) is 4.79 Å². The van der Waals surface area contributed by atoms with E-state index in [0.29, 0.717) is 31.5 Å². The molecule has 0 atom stereocenters. The lowest BCUT2D eigenvalue weighted by Crippen LogP contribution is -2.39. The fourth-order valence-electron chi connectivity index (χ4n) is 2.52. The highest BCUT2D eigenvalue weighted by molar-refractivity contribution is 5.68. The Morgan fingerprint density at radius 1 is 1.26 bits per heavy atom. The predicted molar refractivity (Wildman–Crippen MR) is 79.8 cm³/mol. The van der Waals surface area contributed by atoms with Gasteiger partial charge in [0.05, 0.1) is 4.92 Å². The molecule has 0 saturated carbocycles. The molecule has 1 aromatic rings. The Hall–Kier alpha value is -2.64. The van der Waals surface area contributed by atoms with E-state index in [9.17, 15) is 19.7 Å². The number of carboxylic acid groups (broad SMARTS) is 1. The van der Waals surface area contributed by atoms with Gasteiger partial charge in [-0.3, -0.25) is 14.9 Å². The van der Waals surface area contributed by atoms with Gasteiger partial charge in [-0.15, -0.1) is 0 Å². The van der Waals surface area contributed by atoms with Crippen LogP contribution >= 0.6 is 0 Å². The molecule has 0 unspecified atom stereocenters. The van der Waals surface area contributed by atoms with Crippen molar-refractivity contribution in [1.29, 1.82) is 0 Å². The molecule has 0 radical (unpaired) electrons. The minimum Gasteiger partial charge on any atom is -0.481 e. The summed E-state index contributed by atoms with van der Waals surface area (Å²) in [5, 5.41) is 19.3. The minimum absolute atomic E-state index is 0.0134. The van der Waals surface area contributed by atoms with Crippen LogP contribution < -0.4 is 0 Å². The standard InChI is InChI=1S/C15H18N2O6/c18-14(19)9-11-5-7-16(8-6-11)15(20)23-10-12-1-3-13(4-2-12)17(21)22/h1-4,11H,5-10H2,(H,18,19). The van der Waals surface area contributed by atoms with Crippen molar-refractivity contribution < 1.29 is 24.4 Å². The van der Waals surface area contributed by atoms with Crippen LogP contribution in [0, 0.1) is 16.0 Å². The van der Waals surface area contributed by atoms with Crippen molar-refractivity contribution in [2.24, 2.45) is 5.92 Å². The molecule has 1 aromatic carbocycles. The van der Waals surface area contributed by atoms with E-state index in [4.69, 9.17) is 9.84 Å². The number of carboxylic acids is 1. The smallest absolute Gasteiger partial charge is 0.410 e. The molecule has 1 heterocycles. The van der Waals surface area contributed by atoms with Crippen LogP contribution in [0.15, 0.2) is 24.3 Å². The number of likely N-dealkylation sites (tertiary alicyclic amines) is 1. The molecule has 0 bridgehead atoms. The molecule has 8 heteroatoms. The molecule has 23 heavy (non-hydrogen) atoms. The van der Waals surface area contributed by atoms with Crippen molar-refractivity contribution in [3.05, 3.63) is 39.9 Å². The first-order valence-corrected chi connectivity index (χ1v) is 7.32. The van der Waals surface area contributed by atoms with Crippen molar-refractivity contribution in [3.8, 4) is 0 Å². The van der Waals surface area contributed by atoms with Crippen LogP contribution in [0.25, 0.3) is 0 Å². The molecule has 1 aliphatic rings. The zero-order chi connectivity index (χ0) is 16.8. The van der Waals surface area contributed by atoms with Gasteiger partial charge in [0.25, 0.3) is 5.69 Å². The number of amides is 1. The highest BCUT2D eigenvalue weighted by Crippen LogP contribution is 2.21. The second-order valence-corrected chi connectivity index (χ2v) is 5.51. The topological polar surface area (TPSA) is 110 Å². The van der Waals surface area contributed by atoms with Crippen molar-refractivity contribution in [3.63, 3.8) is 0 Å². The normalized spacial score (nSPS) is 15.2. The zero-order valence-corrected chi connectivity index (χ0v) is 12.5. The molecule has 1 amide bonds. The molecule has 1 aliphatic heterocycles. The Balaban J connectivity index is 1.77. The van der Waals surface area contributed by atoms with Crippen molar-refractivity contribution >= 4 is 17.7 Å². The molecule has 124 valence electrons. The summed E-state index contributed by atoms with van der Waals surface area (Å²) in [4.78, 5) is 34.2. The average Bonchev–Trinajstić information content (AvgIpc) is 2.53. The number of carbonyl (C=O) groups excluding carboxylic acids is 1. The van der Waals surface area contributed by atoms with E-state index in [1.807, 2.05) is 0 Å². The Morgan fingerprint density at radius 2 is 1.87 bits per heavy atom. The highest BCUT2D eigenvalue weighted by atomic mass is 16.6. The number of ether oxygens (including phenoxy) is 1. The van der Waals surface area contributed by atoms with E-state index in [-0.39, 0.29) is 24.6 Å². The molecule has 1 fully saturated rings. The molecule has 2 rings (SSSR count). The van der Waals surface area contributed by atoms with Gasteiger partial charge in [-0.1, -0.05) is 0 Å². The maximum absolute atomic E-state index is 12.0. The monoisotopic (exact) mass is 322 g/mol. The van der Waals surface area contributed by atoms with Crippen LogP contribution in [0.4, 0.5) is 10.5 Å². The van der Waals surface area contributed by atoms with Crippen LogP contribution in [-0.4, -0.2) is 40.1 Å². The number of rotatable bonds is 5. The fraction of sp³-hybridized carbons (Fsp3) is 0.467. The molecule has 0 spiro atoms. The Labute approximate surface area is 132 Å². The van der Waals surface area contributed by atoms with Crippen LogP contribution in [0.2, 0.25) is 0 Å². The number of nitrogens with zero attached hydrogens (tertiary/aromatic N) is 2. The Morgan fingerprint density at radius 3 is 2.39 bits per heavy atom. The lowest BCUT2D eigenvalue weighted by molar-refractivity contribution is -0.384. The number of hydrogen-bond donors (Lipinski definition) is 1. The number of nitro benzene ring substituents is 1. The third-order valence-electron chi connectivity index (χ3n) is 3.85. The predicted octanol–water partition coefficient (Wildman–Crippen LogP) is 2.42. The van der Waals surface area contributed by atoms with E-state index in [1.165, 1.54) is 12.1 Å². The molecular formula is C15H18N2O6. The van der Waals surface area contributed by atoms with E-state index in [0.717, 1.165) is 0 Å². The van der Waals surface area contributed by atoms with Gasteiger partial charge in [-0.2, -0.15) is 0 Å². The van der Waals surface area contributed by atoms with Crippen LogP contribution in [0.5, 0.6) is 0 Å². The zero-order valence-electron chi connectivity index (χ0n) is 12.5. The van der Waals surface area contributed by atoms with Gasteiger partial charge >= 0.3 is 12.1 Å². The lowest BCUT2D eigenvalue weighted by atomic mass is 9.94. The third-order valence-corrected chi connectivity index (χ3v) is 3.85. The molecular weight excluding hydrogens is 304 g/mol. The number of nitro groups is 1. The summed E-state index contributed by atoms with van der Waals surface area (Å²) in [6.45, 7) is 1.01. The molecule has 8 nitrogen and oxygen atoms in total. The molecule has 1 N–H and O–H groups in total. The summed E-state index contributed by atoms with van der Waals surface area (Å²) >= 11 is 0. The number of carbonyl (C=O) groups is 2. The average molecular weight is 322 g/mol. The molecule has 1 saturated heterocycles. The quantitative estimate of drug-likeness (QED) is 0.658. The third kappa shape index (κ3) is 4.94.